The molecule has 6 nitrogen and oxygen atoms in total. The van der Waals surface area contributed by atoms with Crippen LogP contribution in [0.2, 0.25) is 0 Å². The van der Waals surface area contributed by atoms with Crippen molar-refractivity contribution in [1.82, 2.24) is 0 Å². The molecule has 0 heterocycles. The third-order valence-corrected chi connectivity index (χ3v) is 2.51. The van der Waals surface area contributed by atoms with Crippen LogP contribution in [0.1, 0.15) is 26.7 Å². The second-order valence-electron chi connectivity index (χ2n) is 4.50. The highest BCUT2D eigenvalue weighted by molar-refractivity contribution is 5.73. The summed E-state index contributed by atoms with van der Waals surface area (Å²) in [5, 5.41) is 10.7. The van der Waals surface area contributed by atoms with Gasteiger partial charge in [0.25, 0.3) is 5.69 Å². The number of esters is 1. The number of carbonyl (C=O) groups is 1. The van der Waals surface area contributed by atoms with Gasteiger partial charge in [-0.3, -0.25) is 14.9 Å². The molecule has 0 radical (unpaired) electrons. The van der Waals surface area contributed by atoms with Crippen molar-refractivity contribution < 1.29 is 19.2 Å². The molecule has 0 saturated heterocycles. The van der Waals surface area contributed by atoms with Gasteiger partial charge in [-0.15, -0.1) is 0 Å². The van der Waals surface area contributed by atoms with Crippen LogP contribution in [0.25, 0.3) is 0 Å². The Morgan fingerprint density at radius 3 is 2.58 bits per heavy atom. The Morgan fingerprint density at radius 1 is 1.37 bits per heavy atom. The predicted octanol–water partition coefficient (Wildman–Crippen LogP) is 2.95. The van der Waals surface area contributed by atoms with Gasteiger partial charge in [-0.2, -0.15) is 0 Å². The first-order chi connectivity index (χ1) is 8.93. The Morgan fingerprint density at radius 2 is 2.05 bits per heavy atom. The molecule has 0 atom stereocenters. The van der Waals surface area contributed by atoms with Crippen molar-refractivity contribution >= 4 is 11.7 Å². The standard InChI is InChI=1S/C13H17NO5/c1-9(2)4-7-13(15)19-12-8-10(14(16)17)5-6-11(12)18-3/h5-6,8-9H,4,7H2,1-3H3. The van der Waals surface area contributed by atoms with Crippen LogP contribution in [-0.2, 0) is 4.79 Å². The first-order valence-corrected chi connectivity index (χ1v) is 5.97. The topological polar surface area (TPSA) is 78.7 Å². The fourth-order valence-corrected chi connectivity index (χ4v) is 1.44. The van der Waals surface area contributed by atoms with Crippen LogP contribution in [0.4, 0.5) is 5.69 Å². The lowest BCUT2D eigenvalue weighted by Gasteiger charge is -2.09. The van der Waals surface area contributed by atoms with Crippen molar-refractivity contribution in [1.29, 1.82) is 0 Å². The van der Waals surface area contributed by atoms with Crippen molar-refractivity contribution in [3.63, 3.8) is 0 Å². The van der Waals surface area contributed by atoms with Crippen molar-refractivity contribution in [3.05, 3.63) is 28.3 Å². The summed E-state index contributed by atoms with van der Waals surface area (Å²) in [6.45, 7) is 4.00. The van der Waals surface area contributed by atoms with Gasteiger partial charge in [0.2, 0.25) is 0 Å². The first-order valence-electron chi connectivity index (χ1n) is 5.97. The number of nitro groups is 1. The number of non-ortho nitro benzene ring substituents is 1. The second-order valence-corrected chi connectivity index (χ2v) is 4.50. The average molecular weight is 267 g/mol. The molecule has 0 N–H and O–H groups in total. The molecule has 1 rings (SSSR count). The van der Waals surface area contributed by atoms with E-state index in [-0.39, 0.29) is 17.9 Å². The van der Waals surface area contributed by atoms with E-state index >= 15 is 0 Å². The number of nitrogens with zero attached hydrogens (tertiary/aromatic N) is 1. The van der Waals surface area contributed by atoms with Gasteiger partial charge in [0.1, 0.15) is 0 Å². The van der Waals surface area contributed by atoms with Gasteiger partial charge in [-0.05, 0) is 18.4 Å². The van der Waals surface area contributed by atoms with E-state index in [0.717, 1.165) is 0 Å². The van der Waals surface area contributed by atoms with Gasteiger partial charge < -0.3 is 9.47 Å². The van der Waals surface area contributed by atoms with Crippen LogP contribution in [0.5, 0.6) is 11.5 Å². The van der Waals surface area contributed by atoms with Crippen molar-refractivity contribution in [2.45, 2.75) is 26.7 Å². The van der Waals surface area contributed by atoms with Crippen LogP contribution >= 0.6 is 0 Å². The third-order valence-electron chi connectivity index (χ3n) is 2.51. The summed E-state index contributed by atoms with van der Waals surface area (Å²) in [6, 6.07) is 3.89. The molecule has 0 aliphatic heterocycles. The minimum atomic E-state index is -0.551. The van der Waals surface area contributed by atoms with Crippen molar-refractivity contribution in [2.24, 2.45) is 5.92 Å². The predicted molar refractivity (Wildman–Crippen MR) is 69.4 cm³/mol. The van der Waals surface area contributed by atoms with Gasteiger partial charge in [-0.1, -0.05) is 13.8 Å². The zero-order valence-electron chi connectivity index (χ0n) is 11.2. The Kier molecular flexibility index (Phi) is 5.29. The van der Waals surface area contributed by atoms with E-state index in [2.05, 4.69) is 0 Å². The minimum absolute atomic E-state index is 0.0745. The summed E-state index contributed by atoms with van der Waals surface area (Å²) in [7, 11) is 1.41. The molecule has 104 valence electrons. The van der Waals surface area contributed by atoms with Crippen molar-refractivity contribution in [2.75, 3.05) is 7.11 Å². The lowest BCUT2D eigenvalue weighted by molar-refractivity contribution is -0.384. The highest BCUT2D eigenvalue weighted by Gasteiger charge is 2.15. The Balaban J connectivity index is 2.82. The minimum Gasteiger partial charge on any atom is -0.493 e. The van der Waals surface area contributed by atoms with Gasteiger partial charge >= 0.3 is 5.97 Å². The number of hydrogen-bond acceptors (Lipinski definition) is 5. The van der Waals surface area contributed by atoms with Gasteiger partial charge in [-0.25, -0.2) is 0 Å². The number of hydrogen-bond donors (Lipinski definition) is 0. The van der Waals surface area contributed by atoms with E-state index in [4.69, 9.17) is 9.47 Å². The maximum Gasteiger partial charge on any atom is 0.311 e. The quantitative estimate of drug-likeness (QED) is 0.342. The molecule has 19 heavy (non-hydrogen) atoms. The Labute approximate surface area is 111 Å². The van der Waals surface area contributed by atoms with Gasteiger partial charge in [0, 0.05) is 12.5 Å². The average Bonchev–Trinajstić information content (AvgIpc) is 2.36. The van der Waals surface area contributed by atoms with Crippen LogP contribution in [0.15, 0.2) is 18.2 Å². The number of benzene rings is 1. The largest absolute Gasteiger partial charge is 0.493 e. The molecule has 0 bridgehead atoms. The van der Waals surface area contributed by atoms with Gasteiger partial charge in [0.05, 0.1) is 18.1 Å². The van der Waals surface area contributed by atoms with Crippen molar-refractivity contribution in [3.8, 4) is 11.5 Å². The fourth-order valence-electron chi connectivity index (χ4n) is 1.44. The van der Waals surface area contributed by atoms with E-state index in [1.165, 1.54) is 25.3 Å². The van der Waals surface area contributed by atoms with E-state index in [0.29, 0.717) is 18.1 Å². The monoisotopic (exact) mass is 267 g/mol. The molecule has 6 heteroatoms. The molecule has 0 fully saturated rings. The summed E-state index contributed by atoms with van der Waals surface area (Å²) in [5.74, 6) is 0.334. The molecular formula is C13H17NO5. The summed E-state index contributed by atoms with van der Waals surface area (Å²) in [6.07, 6.45) is 0.972. The van der Waals surface area contributed by atoms with Crippen LogP contribution in [0, 0.1) is 16.0 Å². The van der Waals surface area contributed by atoms with E-state index in [1.807, 2.05) is 13.8 Å². The molecule has 1 aromatic rings. The van der Waals surface area contributed by atoms with Crippen LogP contribution in [0.3, 0.4) is 0 Å². The molecule has 0 spiro atoms. The molecular weight excluding hydrogens is 250 g/mol. The normalized spacial score (nSPS) is 10.3. The zero-order chi connectivity index (χ0) is 14.4. The molecule has 0 saturated carbocycles. The molecule has 1 aromatic carbocycles. The summed E-state index contributed by atoms with van der Waals surface area (Å²) in [5.41, 5.74) is -0.146. The fraction of sp³-hybridized carbons (Fsp3) is 0.462. The molecule has 0 amide bonds. The second kappa shape index (κ2) is 6.72. The van der Waals surface area contributed by atoms with Crippen LogP contribution in [-0.4, -0.2) is 18.0 Å². The molecule has 0 aliphatic rings. The lowest BCUT2D eigenvalue weighted by atomic mass is 10.1. The number of rotatable bonds is 6. The number of methoxy groups -OCH3 is 1. The van der Waals surface area contributed by atoms with Gasteiger partial charge in [0.15, 0.2) is 11.5 Å². The lowest BCUT2D eigenvalue weighted by Crippen LogP contribution is -2.10. The molecule has 0 aliphatic carbocycles. The Bertz CT molecular complexity index is 470. The van der Waals surface area contributed by atoms with Crippen LogP contribution < -0.4 is 9.47 Å². The smallest absolute Gasteiger partial charge is 0.311 e. The summed E-state index contributed by atoms with van der Waals surface area (Å²) in [4.78, 5) is 21.7. The molecule has 0 unspecified atom stereocenters. The Hall–Kier alpha value is -2.11. The highest BCUT2D eigenvalue weighted by atomic mass is 16.6. The first kappa shape index (κ1) is 14.9. The highest BCUT2D eigenvalue weighted by Crippen LogP contribution is 2.31. The van der Waals surface area contributed by atoms with E-state index in [1.54, 1.807) is 0 Å². The molecule has 0 aromatic heterocycles. The maximum absolute atomic E-state index is 11.6. The third kappa shape index (κ3) is 4.57. The maximum atomic E-state index is 11.6. The number of carbonyl (C=O) groups excluding carboxylic acids is 1. The summed E-state index contributed by atoms with van der Waals surface area (Å²) >= 11 is 0. The zero-order valence-corrected chi connectivity index (χ0v) is 11.2. The number of ether oxygens (including phenoxy) is 2. The van der Waals surface area contributed by atoms with E-state index < -0.39 is 10.9 Å². The SMILES string of the molecule is COc1ccc([N+](=O)[O-])cc1OC(=O)CCC(C)C. The van der Waals surface area contributed by atoms with E-state index in [9.17, 15) is 14.9 Å². The number of nitro benzene ring substituents is 1. The summed E-state index contributed by atoms with van der Waals surface area (Å²) < 4.78 is 10.1.